The number of nitrogens with zero attached hydrogens (tertiary/aromatic N) is 1. The van der Waals surface area contributed by atoms with Crippen LogP contribution in [0, 0.1) is 0 Å². The summed E-state index contributed by atoms with van der Waals surface area (Å²) >= 11 is 0. The fourth-order valence-electron chi connectivity index (χ4n) is 2.31. The van der Waals surface area contributed by atoms with Gasteiger partial charge in [0.05, 0.1) is 11.1 Å². The van der Waals surface area contributed by atoms with E-state index in [1.54, 1.807) is 30.5 Å². The Kier molecular flexibility index (Phi) is 3.58. The summed E-state index contributed by atoms with van der Waals surface area (Å²) in [7, 11) is 0. The lowest BCUT2D eigenvalue weighted by Crippen LogP contribution is -1.99. The zero-order valence-corrected chi connectivity index (χ0v) is 11.6. The normalized spacial score (nSPS) is 11.5. The first kappa shape index (κ1) is 13.8. The van der Waals surface area contributed by atoms with Gasteiger partial charge in [-0.3, -0.25) is 4.98 Å². The van der Waals surface area contributed by atoms with E-state index in [1.165, 1.54) is 12.1 Å². The number of benzene rings is 2. The Hall–Kier alpha value is -3.14. The van der Waals surface area contributed by atoms with Crippen molar-refractivity contribution in [1.82, 2.24) is 4.98 Å². The molecule has 3 rings (SSSR count). The van der Waals surface area contributed by atoms with Crippen molar-refractivity contribution in [2.75, 3.05) is 0 Å². The molecule has 0 fully saturated rings. The fourth-order valence-corrected chi connectivity index (χ4v) is 2.31. The molecule has 0 saturated carbocycles. The van der Waals surface area contributed by atoms with Crippen LogP contribution in [0.5, 0.6) is 5.75 Å². The van der Waals surface area contributed by atoms with Crippen molar-refractivity contribution in [2.45, 2.75) is 0 Å². The smallest absolute Gasteiger partial charge is 0.336 e. The zero-order valence-electron chi connectivity index (χ0n) is 11.6. The minimum atomic E-state index is -1.02. The molecule has 2 aromatic carbocycles. The maximum absolute atomic E-state index is 11.6. The van der Waals surface area contributed by atoms with Gasteiger partial charge in [0, 0.05) is 11.6 Å². The molecule has 0 saturated heterocycles. The number of phenols is 1. The van der Waals surface area contributed by atoms with E-state index in [0.717, 1.165) is 16.5 Å². The van der Waals surface area contributed by atoms with Crippen molar-refractivity contribution in [2.24, 2.45) is 0 Å². The van der Waals surface area contributed by atoms with Gasteiger partial charge in [0.15, 0.2) is 0 Å². The molecule has 4 heteroatoms. The summed E-state index contributed by atoms with van der Waals surface area (Å²) in [5.74, 6) is -0.922. The number of carboxylic acids is 1. The van der Waals surface area contributed by atoms with Gasteiger partial charge in [0.1, 0.15) is 5.75 Å². The number of hydrogen-bond donors (Lipinski definition) is 2. The summed E-state index contributed by atoms with van der Waals surface area (Å²) in [6.45, 7) is 0. The number of pyridine rings is 1. The summed E-state index contributed by atoms with van der Waals surface area (Å²) in [5.41, 5.74) is 2.30. The molecule has 0 aliphatic heterocycles. The number of para-hydroxylation sites is 1. The van der Waals surface area contributed by atoms with Crippen molar-refractivity contribution < 1.29 is 15.0 Å². The van der Waals surface area contributed by atoms with Gasteiger partial charge in [-0.1, -0.05) is 30.3 Å². The number of hydrogen-bond acceptors (Lipinski definition) is 3. The Morgan fingerprint density at radius 3 is 2.45 bits per heavy atom. The van der Waals surface area contributed by atoms with Crippen LogP contribution in [0.2, 0.25) is 0 Å². The third-order valence-corrected chi connectivity index (χ3v) is 3.39. The number of fused-ring (bicyclic) bond motifs is 1. The summed E-state index contributed by atoms with van der Waals surface area (Å²) in [4.78, 5) is 15.8. The molecule has 0 unspecified atom stereocenters. The van der Waals surface area contributed by atoms with Gasteiger partial charge in [0.2, 0.25) is 0 Å². The topological polar surface area (TPSA) is 70.4 Å². The number of rotatable bonds is 3. The number of phenolic OH excluding ortho intramolecular Hbond substituents is 1. The minimum Gasteiger partial charge on any atom is -0.508 e. The number of aromatic nitrogens is 1. The maximum Gasteiger partial charge on any atom is 0.336 e. The average Bonchev–Trinajstić information content (AvgIpc) is 2.53. The quantitative estimate of drug-likeness (QED) is 0.724. The molecule has 22 heavy (non-hydrogen) atoms. The van der Waals surface area contributed by atoms with Gasteiger partial charge in [-0.05, 0) is 41.5 Å². The van der Waals surface area contributed by atoms with Crippen molar-refractivity contribution in [3.8, 4) is 5.75 Å². The van der Waals surface area contributed by atoms with E-state index in [2.05, 4.69) is 4.98 Å². The van der Waals surface area contributed by atoms with Crippen LogP contribution in [0.15, 0.2) is 60.8 Å². The zero-order chi connectivity index (χ0) is 15.5. The second-order valence-corrected chi connectivity index (χ2v) is 4.83. The summed E-state index contributed by atoms with van der Waals surface area (Å²) in [6, 6.07) is 15.5. The van der Waals surface area contributed by atoms with Crippen LogP contribution in [0.1, 0.15) is 11.1 Å². The van der Waals surface area contributed by atoms with Crippen LogP contribution >= 0.6 is 0 Å². The molecule has 0 aliphatic rings. The number of aliphatic carboxylic acids is 1. The van der Waals surface area contributed by atoms with Crippen LogP contribution in [0.3, 0.4) is 0 Å². The molecule has 108 valence electrons. The first-order chi connectivity index (χ1) is 10.6. The molecule has 0 bridgehead atoms. The van der Waals surface area contributed by atoms with E-state index in [4.69, 9.17) is 0 Å². The minimum absolute atomic E-state index is 0.0999. The van der Waals surface area contributed by atoms with Gasteiger partial charge in [-0.25, -0.2) is 4.79 Å². The van der Waals surface area contributed by atoms with Gasteiger partial charge < -0.3 is 10.2 Å². The van der Waals surface area contributed by atoms with Gasteiger partial charge in [0.25, 0.3) is 0 Å². The van der Waals surface area contributed by atoms with E-state index < -0.39 is 5.97 Å². The lowest BCUT2D eigenvalue weighted by molar-refractivity contribution is -0.130. The van der Waals surface area contributed by atoms with E-state index in [9.17, 15) is 15.0 Å². The molecule has 0 aliphatic carbocycles. The predicted octanol–water partition coefficient (Wildman–Crippen LogP) is 3.57. The van der Waals surface area contributed by atoms with Crippen molar-refractivity contribution in [3.05, 3.63) is 71.9 Å². The van der Waals surface area contributed by atoms with Gasteiger partial charge in [-0.15, -0.1) is 0 Å². The number of aromatic hydroxyl groups is 1. The molecule has 3 aromatic rings. The van der Waals surface area contributed by atoms with E-state index in [0.29, 0.717) is 5.56 Å². The molecule has 0 atom stereocenters. The monoisotopic (exact) mass is 291 g/mol. The first-order valence-electron chi connectivity index (χ1n) is 6.73. The SMILES string of the molecule is O=C(O)/C(=C\c1ccnc2ccccc12)c1ccc(O)cc1. The van der Waals surface area contributed by atoms with Crippen LogP contribution < -0.4 is 0 Å². The van der Waals surface area contributed by atoms with E-state index >= 15 is 0 Å². The third-order valence-electron chi connectivity index (χ3n) is 3.39. The standard InChI is InChI=1S/C18H13NO3/c20-14-7-5-12(6-8-14)16(18(21)22)11-13-9-10-19-17-4-2-1-3-15(13)17/h1-11,20H,(H,21,22)/b16-11-. The van der Waals surface area contributed by atoms with Crippen LogP contribution in [0.25, 0.3) is 22.6 Å². The second-order valence-electron chi connectivity index (χ2n) is 4.83. The fraction of sp³-hybridized carbons (Fsp3) is 0. The Morgan fingerprint density at radius 1 is 1.00 bits per heavy atom. The Morgan fingerprint density at radius 2 is 1.73 bits per heavy atom. The highest BCUT2D eigenvalue weighted by molar-refractivity contribution is 6.21. The Labute approximate surface area is 127 Å². The second kappa shape index (κ2) is 5.69. The molecule has 0 radical (unpaired) electrons. The van der Waals surface area contributed by atoms with Crippen LogP contribution in [-0.4, -0.2) is 21.2 Å². The van der Waals surface area contributed by atoms with E-state index in [-0.39, 0.29) is 11.3 Å². The predicted molar refractivity (Wildman–Crippen MR) is 85.4 cm³/mol. The highest BCUT2D eigenvalue weighted by atomic mass is 16.4. The number of carboxylic acid groups (broad SMARTS) is 1. The molecule has 4 nitrogen and oxygen atoms in total. The van der Waals surface area contributed by atoms with Crippen molar-refractivity contribution in [3.63, 3.8) is 0 Å². The lowest BCUT2D eigenvalue weighted by atomic mass is 10.0. The van der Waals surface area contributed by atoms with Crippen LogP contribution in [0.4, 0.5) is 0 Å². The van der Waals surface area contributed by atoms with E-state index in [1.807, 2.05) is 24.3 Å². The molecule has 0 amide bonds. The van der Waals surface area contributed by atoms with Crippen molar-refractivity contribution >= 4 is 28.5 Å². The van der Waals surface area contributed by atoms with Gasteiger partial charge in [-0.2, -0.15) is 0 Å². The molecular formula is C18H13NO3. The largest absolute Gasteiger partial charge is 0.508 e. The summed E-state index contributed by atoms with van der Waals surface area (Å²) < 4.78 is 0. The average molecular weight is 291 g/mol. The lowest BCUT2D eigenvalue weighted by Gasteiger charge is -2.06. The van der Waals surface area contributed by atoms with Gasteiger partial charge >= 0.3 is 5.97 Å². The molecule has 0 spiro atoms. The molecule has 1 heterocycles. The number of carbonyl (C=O) groups is 1. The Bertz CT molecular complexity index is 862. The Balaban J connectivity index is 2.17. The molecule has 2 N–H and O–H groups in total. The van der Waals surface area contributed by atoms with Crippen molar-refractivity contribution in [1.29, 1.82) is 0 Å². The first-order valence-corrected chi connectivity index (χ1v) is 6.73. The highest BCUT2D eigenvalue weighted by Gasteiger charge is 2.11. The van der Waals surface area contributed by atoms with Crippen LogP contribution in [-0.2, 0) is 4.79 Å². The maximum atomic E-state index is 11.6. The highest BCUT2D eigenvalue weighted by Crippen LogP contribution is 2.24. The molecule has 1 aromatic heterocycles. The summed E-state index contributed by atoms with van der Waals surface area (Å²) in [6.07, 6.45) is 3.28. The third kappa shape index (κ3) is 2.67. The summed E-state index contributed by atoms with van der Waals surface area (Å²) in [5, 5.41) is 19.7. The molecular weight excluding hydrogens is 278 g/mol.